The van der Waals surface area contributed by atoms with Crippen LogP contribution in [0.4, 0.5) is 16.0 Å². The highest BCUT2D eigenvalue weighted by Crippen LogP contribution is 2.26. The standard InChI is InChI=1S/C22H24FN5O/c1-15-3-6-21(25-12-15)28-10-8-19-17(13-28)22(27-14-26-19)24-9-7-16-4-5-20(29-2)18(23)11-16/h3-6,11-12,14H,7-10,13H2,1-2H3,(H,24,26,27). The van der Waals surface area contributed by atoms with Crippen LogP contribution in [-0.4, -0.2) is 35.2 Å². The second kappa shape index (κ2) is 8.43. The fraction of sp³-hybridized carbons (Fsp3) is 0.318. The van der Waals surface area contributed by atoms with Gasteiger partial charge in [-0.05, 0) is 42.7 Å². The van der Waals surface area contributed by atoms with E-state index >= 15 is 0 Å². The molecule has 0 saturated carbocycles. The third-order valence-electron chi connectivity index (χ3n) is 5.14. The molecular weight excluding hydrogens is 369 g/mol. The second-order valence-corrected chi connectivity index (χ2v) is 7.16. The minimum Gasteiger partial charge on any atom is -0.494 e. The highest BCUT2D eigenvalue weighted by atomic mass is 19.1. The lowest BCUT2D eigenvalue weighted by Crippen LogP contribution is -2.32. The van der Waals surface area contributed by atoms with Gasteiger partial charge in [0.15, 0.2) is 11.6 Å². The van der Waals surface area contributed by atoms with Crippen LogP contribution in [0.3, 0.4) is 0 Å². The van der Waals surface area contributed by atoms with Crippen molar-refractivity contribution in [3.8, 4) is 5.75 Å². The Morgan fingerprint density at radius 3 is 2.83 bits per heavy atom. The van der Waals surface area contributed by atoms with Crippen LogP contribution in [0, 0.1) is 12.7 Å². The highest BCUT2D eigenvalue weighted by molar-refractivity contribution is 5.52. The maximum atomic E-state index is 13.9. The molecule has 1 aliphatic rings. The predicted molar refractivity (Wildman–Crippen MR) is 111 cm³/mol. The van der Waals surface area contributed by atoms with Crippen molar-refractivity contribution in [2.24, 2.45) is 0 Å². The quantitative estimate of drug-likeness (QED) is 0.691. The van der Waals surface area contributed by atoms with Crippen molar-refractivity contribution in [1.82, 2.24) is 15.0 Å². The van der Waals surface area contributed by atoms with Gasteiger partial charge in [-0.15, -0.1) is 0 Å². The number of fused-ring (bicyclic) bond motifs is 1. The molecule has 0 fully saturated rings. The zero-order chi connectivity index (χ0) is 20.2. The van der Waals surface area contributed by atoms with Crippen molar-refractivity contribution in [3.05, 3.63) is 71.1 Å². The lowest BCUT2D eigenvalue weighted by atomic mass is 10.1. The number of nitrogens with zero attached hydrogens (tertiary/aromatic N) is 4. The number of methoxy groups -OCH3 is 1. The topological polar surface area (TPSA) is 63.2 Å². The average molecular weight is 393 g/mol. The molecule has 0 spiro atoms. The van der Waals surface area contributed by atoms with Gasteiger partial charge >= 0.3 is 0 Å². The van der Waals surface area contributed by atoms with Crippen LogP contribution in [0.15, 0.2) is 42.9 Å². The van der Waals surface area contributed by atoms with E-state index in [9.17, 15) is 4.39 Å². The summed E-state index contributed by atoms with van der Waals surface area (Å²) in [7, 11) is 1.47. The molecular formula is C22H24FN5O. The number of hydrogen-bond donors (Lipinski definition) is 1. The normalized spacial score (nSPS) is 13.1. The monoisotopic (exact) mass is 393 g/mol. The minimum atomic E-state index is -0.342. The van der Waals surface area contributed by atoms with E-state index in [1.54, 1.807) is 12.4 Å². The molecule has 6 nitrogen and oxygen atoms in total. The van der Waals surface area contributed by atoms with E-state index in [1.165, 1.54) is 13.2 Å². The van der Waals surface area contributed by atoms with Crippen molar-refractivity contribution >= 4 is 11.6 Å². The molecule has 0 bridgehead atoms. The minimum absolute atomic E-state index is 0.261. The summed E-state index contributed by atoms with van der Waals surface area (Å²) in [5.41, 5.74) is 4.22. The van der Waals surface area contributed by atoms with Gasteiger partial charge in [0.1, 0.15) is 18.0 Å². The van der Waals surface area contributed by atoms with E-state index in [1.807, 2.05) is 19.2 Å². The van der Waals surface area contributed by atoms with Gasteiger partial charge in [0, 0.05) is 37.8 Å². The molecule has 1 aliphatic heterocycles. The molecule has 0 aliphatic carbocycles. The van der Waals surface area contributed by atoms with Crippen LogP contribution in [-0.2, 0) is 19.4 Å². The number of nitrogens with one attached hydrogen (secondary N) is 1. The zero-order valence-electron chi connectivity index (χ0n) is 16.7. The molecule has 150 valence electrons. The first-order chi connectivity index (χ1) is 14.1. The van der Waals surface area contributed by atoms with Gasteiger partial charge in [0.2, 0.25) is 0 Å². The molecule has 2 aromatic heterocycles. The van der Waals surface area contributed by atoms with E-state index in [0.29, 0.717) is 19.5 Å². The summed E-state index contributed by atoms with van der Waals surface area (Å²) in [5.74, 6) is 1.72. The van der Waals surface area contributed by atoms with E-state index in [2.05, 4.69) is 37.3 Å². The fourth-order valence-corrected chi connectivity index (χ4v) is 3.53. The summed E-state index contributed by atoms with van der Waals surface area (Å²) in [6.07, 6.45) is 5.03. The largest absolute Gasteiger partial charge is 0.494 e. The van der Waals surface area contributed by atoms with Crippen molar-refractivity contribution in [3.63, 3.8) is 0 Å². The van der Waals surface area contributed by atoms with Crippen molar-refractivity contribution in [2.75, 3.05) is 30.4 Å². The Bertz CT molecular complexity index is 993. The van der Waals surface area contributed by atoms with Gasteiger partial charge < -0.3 is 15.0 Å². The molecule has 3 aromatic rings. The summed E-state index contributed by atoms with van der Waals surface area (Å²) in [6, 6.07) is 9.18. The van der Waals surface area contributed by atoms with Gasteiger partial charge in [0.05, 0.1) is 12.8 Å². The van der Waals surface area contributed by atoms with Crippen molar-refractivity contribution in [2.45, 2.75) is 26.3 Å². The van der Waals surface area contributed by atoms with Gasteiger partial charge in [-0.25, -0.2) is 19.3 Å². The third-order valence-corrected chi connectivity index (χ3v) is 5.14. The van der Waals surface area contributed by atoms with Crippen LogP contribution in [0.25, 0.3) is 0 Å². The SMILES string of the molecule is COc1ccc(CCNc2ncnc3c2CN(c2ccc(C)cn2)CC3)cc1F. The van der Waals surface area contributed by atoms with Gasteiger partial charge in [-0.2, -0.15) is 0 Å². The number of anilines is 2. The van der Waals surface area contributed by atoms with Gasteiger partial charge in [-0.3, -0.25) is 0 Å². The molecule has 4 rings (SSSR count). The first-order valence-corrected chi connectivity index (χ1v) is 9.70. The third kappa shape index (κ3) is 4.29. The van der Waals surface area contributed by atoms with Gasteiger partial charge in [0.25, 0.3) is 0 Å². The van der Waals surface area contributed by atoms with Gasteiger partial charge in [-0.1, -0.05) is 12.1 Å². The van der Waals surface area contributed by atoms with E-state index in [-0.39, 0.29) is 11.6 Å². The lowest BCUT2D eigenvalue weighted by Gasteiger charge is -2.30. The second-order valence-electron chi connectivity index (χ2n) is 7.16. The number of halogens is 1. The predicted octanol–water partition coefficient (Wildman–Crippen LogP) is 3.55. The number of aryl methyl sites for hydroxylation is 1. The summed E-state index contributed by atoms with van der Waals surface area (Å²) >= 11 is 0. The molecule has 29 heavy (non-hydrogen) atoms. The molecule has 0 saturated heterocycles. The Morgan fingerprint density at radius 1 is 1.17 bits per heavy atom. The average Bonchev–Trinajstić information content (AvgIpc) is 2.74. The van der Waals surface area contributed by atoms with E-state index in [0.717, 1.165) is 47.0 Å². The summed E-state index contributed by atoms with van der Waals surface area (Å²) < 4.78 is 18.8. The first kappa shape index (κ1) is 19.1. The number of aromatic nitrogens is 3. The zero-order valence-corrected chi connectivity index (χ0v) is 16.7. The molecule has 0 unspecified atom stereocenters. The molecule has 3 heterocycles. The van der Waals surface area contributed by atoms with Crippen LogP contribution in [0.5, 0.6) is 5.75 Å². The fourth-order valence-electron chi connectivity index (χ4n) is 3.53. The number of benzene rings is 1. The number of pyridine rings is 1. The Labute approximate surface area is 169 Å². The smallest absolute Gasteiger partial charge is 0.165 e. The van der Waals surface area contributed by atoms with Crippen LogP contribution >= 0.6 is 0 Å². The van der Waals surface area contributed by atoms with Crippen LogP contribution < -0.4 is 15.0 Å². The number of rotatable bonds is 6. The molecule has 1 aromatic carbocycles. The first-order valence-electron chi connectivity index (χ1n) is 9.70. The Kier molecular flexibility index (Phi) is 5.55. The maximum absolute atomic E-state index is 13.9. The number of ether oxygens (including phenoxy) is 1. The molecule has 0 atom stereocenters. The molecule has 7 heteroatoms. The molecule has 0 amide bonds. The van der Waals surface area contributed by atoms with E-state index in [4.69, 9.17) is 4.74 Å². The summed E-state index contributed by atoms with van der Waals surface area (Å²) in [4.78, 5) is 15.7. The Morgan fingerprint density at radius 2 is 2.07 bits per heavy atom. The summed E-state index contributed by atoms with van der Waals surface area (Å²) in [6.45, 7) is 4.28. The Hall–Kier alpha value is -3.22. The van der Waals surface area contributed by atoms with Crippen molar-refractivity contribution in [1.29, 1.82) is 0 Å². The van der Waals surface area contributed by atoms with Crippen molar-refractivity contribution < 1.29 is 9.13 Å². The number of hydrogen-bond acceptors (Lipinski definition) is 6. The van der Waals surface area contributed by atoms with E-state index < -0.39 is 0 Å². The lowest BCUT2D eigenvalue weighted by molar-refractivity contribution is 0.386. The van der Waals surface area contributed by atoms with Crippen LogP contribution in [0.2, 0.25) is 0 Å². The molecule has 1 N–H and O–H groups in total. The Balaban J connectivity index is 1.44. The van der Waals surface area contributed by atoms with Crippen LogP contribution in [0.1, 0.15) is 22.4 Å². The highest BCUT2D eigenvalue weighted by Gasteiger charge is 2.21. The maximum Gasteiger partial charge on any atom is 0.165 e. The molecule has 0 radical (unpaired) electrons. The summed E-state index contributed by atoms with van der Waals surface area (Å²) in [5, 5.41) is 3.40.